The molecule has 1 aliphatic rings. The summed E-state index contributed by atoms with van der Waals surface area (Å²) >= 11 is 12.7. The number of nitrogens with one attached hydrogen (secondary N) is 2. The summed E-state index contributed by atoms with van der Waals surface area (Å²) in [6, 6.07) is 9.32. The number of alkyl halides is 3. The zero-order valence-corrected chi connectivity index (χ0v) is 24.3. The Morgan fingerprint density at radius 3 is 2.60 bits per heavy atom. The van der Waals surface area contributed by atoms with Gasteiger partial charge in [-0.2, -0.15) is 13.2 Å². The topological polar surface area (TPSA) is 101 Å². The Morgan fingerprint density at radius 1 is 1.21 bits per heavy atom. The molecular formula is C30H26Cl2F3N5O3. The van der Waals surface area contributed by atoms with Gasteiger partial charge in [-0.1, -0.05) is 47.2 Å². The van der Waals surface area contributed by atoms with Crippen LogP contribution in [0.3, 0.4) is 0 Å². The van der Waals surface area contributed by atoms with Crippen LogP contribution in [-0.4, -0.2) is 52.6 Å². The molecule has 1 saturated heterocycles. The highest BCUT2D eigenvalue weighted by Crippen LogP contribution is 2.40. The molecule has 0 amide bonds. The standard InChI is InChI=1S/C30H26Cl2F3N5O3/c1-43-13-3-4-18-16-40(26-23(31)5-2-6-24(26)32)28(42)22-15-37-29(39-25(18)22)38-19-7-8-20(17-9-11-36-12-10-17)21(14-19)27(41)30(33,34)35/h2,5-8,14-17,27,36,41H,9-13H2,1H3,(H,37,38,39). The second-order valence-electron chi connectivity index (χ2n) is 9.92. The number of hydrogen-bond donors (Lipinski definition) is 3. The van der Waals surface area contributed by atoms with Crippen molar-refractivity contribution in [3.63, 3.8) is 0 Å². The fraction of sp³-hybridized carbons (Fsp3) is 0.300. The Hall–Kier alpha value is -3.66. The van der Waals surface area contributed by atoms with Gasteiger partial charge in [0.2, 0.25) is 5.95 Å². The van der Waals surface area contributed by atoms with Gasteiger partial charge in [0.1, 0.15) is 6.61 Å². The van der Waals surface area contributed by atoms with E-state index in [1.165, 1.54) is 30.1 Å². The lowest BCUT2D eigenvalue weighted by Gasteiger charge is -2.27. The Balaban J connectivity index is 1.59. The van der Waals surface area contributed by atoms with Gasteiger partial charge in [-0.3, -0.25) is 9.36 Å². The van der Waals surface area contributed by atoms with Crippen LogP contribution < -0.4 is 16.2 Å². The van der Waals surface area contributed by atoms with Crippen LogP contribution >= 0.6 is 23.2 Å². The number of methoxy groups -OCH3 is 1. The van der Waals surface area contributed by atoms with E-state index >= 15 is 0 Å². The fourth-order valence-electron chi connectivity index (χ4n) is 5.06. The first-order valence-corrected chi connectivity index (χ1v) is 14.0. The molecule has 1 fully saturated rings. The summed E-state index contributed by atoms with van der Waals surface area (Å²) in [6.45, 7) is 1.46. The third kappa shape index (κ3) is 6.64. The van der Waals surface area contributed by atoms with E-state index in [-0.39, 0.29) is 56.4 Å². The van der Waals surface area contributed by atoms with Crippen LogP contribution in [0.5, 0.6) is 0 Å². The Morgan fingerprint density at radius 2 is 1.93 bits per heavy atom. The van der Waals surface area contributed by atoms with Gasteiger partial charge in [-0.25, -0.2) is 9.97 Å². The van der Waals surface area contributed by atoms with E-state index in [0.29, 0.717) is 37.1 Å². The van der Waals surface area contributed by atoms with Crippen molar-refractivity contribution < 1.29 is 23.0 Å². The number of rotatable bonds is 6. The summed E-state index contributed by atoms with van der Waals surface area (Å²) in [7, 11) is 1.49. The number of hydrogen-bond acceptors (Lipinski definition) is 7. The second-order valence-corrected chi connectivity index (χ2v) is 10.7. The first-order valence-electron chi connectivity index (χ1n) is 13.3. The number of piperidine rings is 1. The maximum absolute atomic E-state index is 13.7. The summed E-state index contributed by atoms with van der Waals surface area (Å²) in [5.74, 6) is 5.66. The van der Waals surface area contributed by atoms with Gasteiger partial charge in [0.15, 0.2) is 6.10 Å². The molecule has 0 bridgehead atoms. The van der Waals surface area contributed by atoms with Crippen LogP contribution in [0.15, 0.2) is 53.6 Å². The minimum atomic E-state index is -4.85. The highest BCUT2D eigenvalue weighted by Gasteiger charge is 2.41. The van der Waals surface area contributed by atoms with Crippen LogP contribution in [0.1, 0.15) is 41.6 Å². The number of halogens is 5. The molecule has 2 aromatic carbocycles. The molecule has 0 spiro atoms. The van der Waals surface area contributed by atoms with Crippen molar-refractivity contribution in [2.24, 2.45) is 0 Å². The van der Waals surface area contributed by atoms with E-state index in [1.54, 1.807) is 30.3 Å². The average Bonchev–Trinajstić information content (AvgIpc) is 2.98. The van der Waals surface area contributed by atoms with Crippen molar-refractivity contribution in [2.75, 3.05) is 32.1 Å². The molecular weight excluding hydrogens is 606 g/mol. The van der Waals surface area contributed by atoms with Crippen LogP contribution in [0, 0.1) is 11.8 Å². The highest BCUT2D eigenvalue weighted by atomic mass is 35.5. The number of nitrogens with zero attached hydrogens (tertiary/aromatic N) is 3. The lowest BCUT2D eigenvalue weighted by atomic mass is 9.85. The number of benzene rings is 2. The fourth-order valence-corrected chi connectivity index (χ4v) is 5.64. The van der Waals surface area contributed by atoms with Gasteiger partial charge in [0.25, 0.3) is 5.56 Å². The molecule has 8 nitrogen and oxygen atoms in total. The number of aliphatic hydroxyl groups is 1. The molecule has 1 aliphatic heterocycles. The third-order valence-electron chi connectivity index (χ3n) is 7.10. The smallest absolute Gasteiger partial charge is 0.379 e. The predicted octanol–water partition coefficient (Wildman–Crippen LogP) is 5.89. The number of aromatic nitrogens is 3. The number of aliphatic hydroxyl groups excluding tert-OH is 1. The minimum Gasteiger partial charge on any atom is -0.379 e. The molecule has 0 saturated carbocycles. The van der Waals surface area contributed by atoms with E-state index in [4.69, 9.17) is 27.9 Å². The first-order chi connectivity index (χ1) is 20.6. The van der Waals surface area contributed by atoms with Crippen molar-refractivity contribution in [2.45, 2.75) is 31.0 Å². The first kappa shape index (κ1) is 30.8. The molecule has 13 heteroatoms. The van der Waals surface area contributed by atoms with Gasteiger partial charge in [0, 0.05) is 25.2 Å². The molecule has 3 heterocycles. The lowest BCUT2D eigenvalue weighted by molar-refractivity contribution is -0.207. The van der Waals surface area contributed by atoms with E-state index < -0.39 is 17.8 Å². The quantitative estimate of drug-likeness (QED) is 0.228. The van der Waals surface area contributed by atoms with Crippen molar-refractivity contribution in [3.8, 4) is 17.5 Å². The summed E-state index contributed by atoms with van der Waals surface area (Å²) < 4.78 is 47.3. The minimum absolute atomic E-state index is 0.0114. The van der Waals surface area contributed by atoms with Crippen molar-refractivity contribution in [1.82, 2.24) is 19.9 Å². The molecule has 2 aromatic heterocycles. The molecule has 1 atom stereocenters. The number of para-hydroxylation sites is 1. The maximum atomic E-state index is 13.7. The van der Waals surface area contributed by atoms with Gasteiger partial charge < -0.3 is 20.5 Å². The van der Waals surface area contributed by atoms with Gasteiger partial charge in [-0.05, 0) is 67.2 Å². The molecule has 3 N–H and O–H groups in total. The third-order valence-corrected chi connectivity index (χ3v) is 7.71. The zero-order chi connectivity index (χ0) is 30.7. The van der Waals surface area contributed by atoms with Gasteiger partial charge >= 0.3 is 6.18 Å². The van der Waals surface area contributed by atoms with Crippen LogP contribution in [0.4, 0.5) is 24.8 Å². The van der Waals surface area contributed by atoms with E-state index in [0.717, 1.165) is 0 Å². The number of fused-ring (bicyclic) bond motifs is 1. The van der Waals surface area contributed by atoms with E-state index in [1.807, 2.05) is 0 Å². The number of ether oxygens (including phenoxy) is 1. The van der Waals surface area contributed by atoms with Crippen molar-refractivity contribution in [3.05, 3.63) is 85.9 Å². The second kappa shape index (κ2) is 12.9. The summed E-state index contributed by atoms with van der Waals surface area (Å²) in [4.78, 5) is 22.3. The maximum Gasteiger partial charge on any atom is 0.418 e. The highest BCUT2D eigenvalue weighted by molar-refractivity contribution is 6.37. The lowest BCUT2D eigenvalue weighted by Crippen LogP contribution is -2.28. The SMILES string of the molecule is COCC#Cc1cn(-c2c(Cl)cccc2Cl)c(=O)c2cnc(Nc3ccc(C4CCNCC4)c(C(O)C(F)(F)F)c3)nc12. The van der Waals surface area contributed by atoms with Gasteiger partial charge in [-0.15, -0.1) is 0 Å². The normalized spacial score (nSPS) is 14.8. The van der Waals surface area contributed by atoms with Crippen LogP contribution in [0.2, 0.25) is 10.0 Å². The molecule has 0 aliphatic carbocycles. The predicted molar refractivity (Wildman–Crippen MR) is 159 cm³/mol. The number of anilines is 2. The summed E-state index contributed by atoms with van der Waals surface area (Å²) in [5.41, 5.74) is 0.755. The van der Waals surface area contributed by atoms with E-state index in [9.17, 15) is 23.1 Å². The van der Waals surface area contributed by atoms with Crippen LogP contribution in [-0.2, 0) is 4.74 Å². The van der Waals surface area contributed by atoms with Crippen LogP contribution in [0.25, 0.3) is 16.6 Å². The Labute approximate surface area is 254 Å². The average molecular weight is 632 g/mol. The van der Waals surface area contributed by atoms with Crippen molar-refractivity contribution in [1.29, 1.82) is 0 Å². The molecule has 43 heavy (non-hydrogen) atoms. The Bertz CT molecular complexity index is 1760. The zero-order valence-electron chi connectivity index (χ0n) is 22.8. The molecule has 4 aromatic rings. The molecule has 5 rings (SSSR count). The summed E-state index contributed by atoms with van der Waals surface area (Å²) in [6.07, 6.45) is -3.44. The number of pyridine rings is 1. The molecule has 0 radical (unpaired) electrons. The summed E-state index contributed by atoms with van der Waals surface area (Å²) in [5, 5.41) is 17.0. The largest absolute Gasteiger partial charge is 0.418 e. The molecule has 1 unspecified atom stereocenters. The van der Waals surface area contributed by atoms with Gasteiger partial charge in [0.05, 0.1) is 32.2 Å². The van der Waals surface area contributed by atoms with Crippen molar-refractivity contribution >= 4 is 45.7 Å². The van der Waals surface area contributed by atoms with E-state index in [2.05, 4.69) is 32.4 Å². The monoisotopic (exact) mass is 631 g/mol. The Kier molecular flexibility index (Phi) is 9.25. The molecule has 224 valence electrons.